The standard InChI is InChI=1S/C16H15N3O6/c1-17(2)14-8-7-11(9-15(14)19(23)24)16(20)25-10-12-5-3-4-6-13(12)18(21)22/h3-9H,10H2,1-2H3. The van der Waals surface area contributed by atoms with Gasteiger partial charge in [-0.05, 0) is 18.2 Å². The maximum Gasteiger partial charge on any atom is 0.338 e. The first kappa shape index (κ1) is 17.9. The fourth-order valence-electron chi connectivity index (χ4n) is 2.21. The van der Waals surface area contributed by atoms with Gasteiger partial charge in [-0.15, -0.1) is 0 Å². The SMILES string of the molecule is CN(C)c1ccc(C(=O)OCc2ccccc2[N+](=O)[O-])cc1[N+](=O)[O-]. The van der Waals surface area contributed by atoms with Crippen molar-refractivity contribution >= 4 is 23.0 Å². The van der Waals surface area contributed by atoms with Crippen LogP contribution in [0.2, 0.25) is 0 Å². The molecule has 0 aliphatic rings. The van der Waals surface area contributed by atoms with E-state index in [1.807, 2.05) is 0 Å². The predicted molar refractivity (Wildman–Crippen MR) is 89.6 cm³/mol. The van der Waals surface area contributed by atoms with E-state index in [0.29, 0.717) is 5.69 Å². The van der Waals surface area contributed by atoms with Gasteiger partial charge < -0.3 is 9.64 Å². The van der Waals surface area contributed by atoms with Crippen LogP contribution in [0.25, 0.3) is 0 Å². The molecule has 9 nitrogen and oxygen atoms in total. The molecule has 0 radical (unpaired) electrons. The Kier molecular flexibility index (Phi) is 5.28. The summed E-state index contributed by atoms with van der Waals surface area (Å²) in [5.41, 5.74) is 0.186. The van der Waals surface area contributed by atoms with Crippen molar-refractivity contribution < 1.29 is 19.4 Å². The van der Waals surface area contributed by atoms with Crippen molar-refractivity contribution in [3.8, 4) is 0 Å². The van der Waals surface area contributed by atoms with Gasteiger partial charge in [-0.1, -0.05) is 12.1 Å². The summed E-state index contributed by atoms with van der Waals surface area (Å²) in [6.45, 7) is -0.306. The predicted octanol–water partition coefficient (Wildman–Crippen LogP) is 2.93. The quantitative estimate of drug-likeness (QED) is 0.449. The van der Waals surface area contributed by atoms with E-state index >= 15 is 0 Å². The van der Waals surface area contributed by atoms with Crippen molar-refractivity contribution in [1.82, 2.24) is 0 Å². The molecule has 2 aromatic rings. The Morgan fingerprint density at radius 1 is 1.04 bits per heavy atom. The Morgan fingerprint density at radius 3 is 2.28 bits per heavy atom. The summed E-state index contributed by atoms with van der Waals surface area (Å²) in [5, 5.41) is 22.1. The normalized spacial score (nSPS) is 10.2. The zero-order valence-electron chi connectivity index (χ0n) is 13.5. The molecule has 0 aromatic heterocycles. The molecule has 0 amide bonds. The van der Waals surface area contributed by atoms with Gasteiger partial charge in [0.1, 0.15) is 12.3 Å². The molecule has 9 heteroatoms. The van der Waals surface area contributed by atoms with Crippen molar-refractivity contribution in [1.29, 1.82) is 0 Å². The molecule has 130 valence electrons. The smallest absolute Gasteiger partial charge is 0.338 e. The van der Waals surface area contributed by atoms with E-state index in [0.717, 1.165) is 6.07 Å². The van der Waals surface area contributed by atoms with Crippen LogP contribution in [0.4, 0.5) is 17.1 Å². The third-order valence-corrected chi connectivity index (χ3v) is 3.44. The highest BCUT2D eigenvalue weighted by atomic mass is 16.6. The Bertz CT molecular complexity index is 834. The van der Waals surface area contributed by atoms with Crippen LogP contribution in [0, 0.1) is 20.2 Å². The molecule has 0 saturated heterocycles. The van der Waals surface area contributed by atoms with Gasteiger partial charge in [-0.2, -0.15) is 0 Å². The minimum atomic E-state index is -0.799. The highest BCUT2D eigenvalue weighted by Crippen LogP contribution is 2.28. The molecule has 0 bridgehead atoms. The Morgan fingerprint density at radius 2 is 1.68 bits per heavy atom. The second kappa shape index (κ2) is 7.39. The summed E-state index contributed by atoms with van der Waals surface area (Å²) < 4.78 is 5.06. The van der Waals surface area contributed by atoms with Crippen molar-refractivity contribution in [3.63, 3.8) is 0 Å². The zero-order valence-corrected chi connectivity index (χ0v) is 13.5. The number of carbonyl (C=O) groups excluding carboxylic acids is 1. The second-order valence-corrected chi connectivity index (χ2v) is 5.32. The fourth-order valence-corrected chi connectivity index (χ4v) is 2.21. The molecule has 0 heterocycles. The van der Waals surface area contributed by atoms with Gasteiger partial charge in [0.15, 0.2) is 0 Å². The van der Waals surface area contributed by atoms with Crippen LogP contribution in [-0.4, -0.2) is 29.9 Å². The lowest BCUT2D eigenvalue weighted by Crippen LogP contribution is -2.12. The molecule has 0 fully saturated rings. The van der Waals surface area contributed by atoms with E-state index < -0.39 is 15.8 Å². The van der Waals surface area contributed by atoms with Crippen molar-refractivity contribution in [2.75, 3.05) is 19.0 Å². The number of nitrogens with zero attached hydrogens (tertiary/aromatic N) is 3. The summed E-state index contributed by atoms with van der Waals surface area (Å²) >= 11 is 0. The Balaban J connectivity index is 2.21. The van der Waals surface area contributed by atoms with Gasteiger partial charge in [0, 0.05) is 26.2 Å². The summed E-state index contributed by atoms with van der Waals surface area (Å²) in [6, 6.07) is 9.85. The lowest BCUT2D eigenvalue weighted by atomic mass is 10.1. The molecule has 0 saturated carbocycles. The van der Waals surface area contributed by atoms with E-state index in [9.17, 15) is 25.0 Å². The topological polar surface area (TPSA) is 116 Å². The first-order valence-electron chi connectivity index (χ1n) is 7.16. The number of para-hydroxylation sites is 1. The first-order valence-corrected chi connectivity index (χ1v) is 7.16. The fraction of sp³-hybridized carbons (Fsp3) is 0.188. The van der Waals surface area contributed by atoms with Gasteiger partial charge in [-0.25, -0.2) is 4.79 Å². The number of nitro benzene ring substituents is 2. The average Bonchev–Trinajstić information content (AvgIpc) is 2.59. The number of esters is 1. The van der Waals surface area contributed by atoms with Crippen molar-refractivity contribution in [3.05, 3.63) is 73.8 Å². The summed E-state index contributed by atoms with van der Waals surface area (Å²) in [5.74, 6) is -0.799. The van der Waals surface area contributed by atoms with Gasteiger partial charge in [-0.3, -0.25) is 20.2 Å². The van der Waals surface area contributed by atoms with E-state index in [2.05, 4.69) is 0 Å². The molecule has 0 aliphatic carbocycles. The number of carbonyl (C=O) groups is 1. The van der Waals surface area contributed by atoms with E-state index in [4.69, 9.17) is 4.74 Å². The van der Waals surface area contributed by atoms with Gasteiger partial charge in [0.25, 0.3) is 11.4 Å². The molecule has 0 atom stereocenters. The molecule has 25 heavy (non-hydrogen) atoms. The highest BCUT2D eigenvalue weighted by Gasteiger charge is 2.20. The molecule has 0 spiro atoms. The van der Waals surface area contributed by atoms with E-state index in [1.165, 1.54) is 30.3 Å². The maximum absolute atomic E-state index is 12.1. The second-order valence-electron chi connectivity index (χ2n) is 5.32. The molecular formula is C16H15N3O6. The maximum atomic E-state index is 12.1. The molecule has 0 aliphatic heterocycles. The van der Waals surface area contributed by atoms with Gasteiger partial charge in [0.05, 0.1) is 21.0 Å². The van der Waals surface area contributed by atoms with Crippen LogP contribution in [0.15, 0.2) is 42.5 Å². The molecule has 0 unspecified atom stereocenters. The van der Waals surface area contributed by atoms with Gasteiger partial charge in [0.2, 0.25) is 0 Å². The lowest BCUT2D eigenvalue weighted by Gasteiger charge is -2.13. The lowest BCUT2D eigenvalue weighted by molar-refractivity contribution is -0.385. The largest absolute Gasteiger partial charge is 0.457 e. The van der Waals surface area contributed by atoms with Gasteiger partial charge >= 0.3 is 5.97 Å². The van der Waals surface area contributed by atoms with E-state index in [1.54, 1.807) is 25.1 Å². The third kappa shape index (κ3) is 4.08. The summed E-state index contributed by atoms with van der Waals surface area (Å²) in [7, 11) is 3.30. The molecule has 2 rings (SSSR count). The number of rotatable bonds is 6. The van der Waals surface area contributed by atoms with Crippen LogP contribution in [-0.2, 0) is 11.3 Å². The Hall–Kier alpha value is -3.49. The summed E-state index contributed by atoms with van der Waals surface area (Å²) in [4.78, 5) is 34.6. The molecular weight excluding hydrogens is 330 g/mol. The van der Waals surface area contributed by atoms with Crippen LogP contribution in [0.1, 0.15) is 15.9 Å². The average molecular weight is 345 g/mol. The minimum absolute atomic E-state index is 0.00381. The zero-order chi connectivity index (χ0) is 18.6. The van der Waals surface area contributed by atoms with Crippen LogP contribution in [0.5, 0.6) is 0 Å². The summed E-state index contributed by atoms with van der Waals surface area (Å²) in [6.07, 6.45) is 0. The Labute approximate surface area is 142 Å². The van der Waals surface area contributed by atoms with Crippen LogP contribution in [0.3, 0.4) is 0 Å². The number of hydrogen-bond donors (Lipinski definition) is 0. The van der Waals surface area contributed by atoms with Crippen molar-refractivity contribution in [2.24, 2.45) is 0 Å². The van der Waals surface area contributed by atoms with Crippen LogP contribution < -0.4 is 4.90 Å². The number of hydrogen-bond acceptors (Lipinski definition) is 7. The highest BCUT2D eigenvalue weighted by molar-refractivity contribution is 5.91. The van der Waals surface area contributed by atoms with E-state index in [-0.39, 0.29) is 29.1 Å². The number of benzene rings is 2. The number of nitro groups is 2. The third-order valence-electron chi connectivity index (χ3n) is 3.44. The molecule has 0 N–H and O–H groups in total. The van der Waals surface area contributed by atoms with Crippen LogP contribution >= 0.6 is 0 Å². The molecule has 2 aromatic carbocycles. The minimum Gasteiger partial charge on any atom is -0.457 e. The first-order chi connectivity index (χ1) is 11.8. The number of anilines is 1. The monoisotopic (exact) mass is 345 g/mol. The number of ether oxygens (including phenoxy) is 1. The van der Waals surface area contributed by atoms with Crippen molar-refractivity contribution in [2.45, 2.75) is 6.61 Å².